The second-order valence-corrected chi connectivity index (χ2v) is 5.63. The molecule has 0 aliphatic rings. The molecule has 1 rings (SSSR count). The lowest BCUT2D eigenvalue weighted by molar-refractivity contribution is 0.155. The molecule has 0 spiro atoms. The number of hydrogen-bond donors (Lipinski definition) is 2. The summed E-state index contributed by atoms with van der Waals surface area (Å²) >= 11 is 0. The van der Waals surface area contributed by atoms with Crippen molar-refractivity contribution in [2.24, 2.45) is 11.8 Å². The molecule has 3 nitrogen and oxygen atoms in total. The molecule has 4 heteroatoms. The monoisotopic (exact) mass is 268 g/mol. The zero-order valence-electron chi connectivity index (χ0n) is 12.2. The fraction of sp³-hybridized carbons (Fsp3) is 0.600. The van der Waals surface area contributed by atoms with Crippen molar-refractivity contribution in [3.63, 3.8) is 0 Å². The highest BCUT2D eigenvalue weighted by molar-refractivity contribution is 5.26. The molecule has 0 radical (unpaired) electrons. The lowest BCUT2D eigenvalue weighted by Gasteiger charge is -2.38. The summed E-state index contributed by atoms with van der Waals surface area (Å²) in [5.74, 6) is 5.87. The van der Waals surface area contributed by atoms with Gasteiger partial charge in [0.1, 0.15) is 5.82 Å². The van der Waals surface area contributed by atoms with E-state index in [0.717, 1.165) is 12.0 Å². The lowest BCUT2D eigenvalue weighted by atomic mass is 9.72. The molecule has 0 aromatic heterocycles. The Balaban J connectivity index is 2.90. The highest BCUT2D eigenvalue weighted by Crippen LogP contribution is 2.31. The Morgan fingerprint density at radius 1 is 1.32 bits per heavy atom. The van der Waals surface area contributed by atoms with E-state index in [-0.39, 0.29) is 17.3 Å². The second kappa shape index (κ2) is 6.98. The van der Waals surface area contributed by atoms with Crippen LogP contribution in [0.2, 0.25) is 0 Å². The SMILES string of the molecule is COCCC(C)C(NN)C(C)(C)c1ccc(F)cc1. The van der Waals surface area contributed by atoms with Gasteiger partial charge >= 0.3 is 0 Å². The molecule has 19 heavy (non-hydrogen) atoms. The molecule has 1 aromatic carbocycles. The van der Waals surface area contributed by atoms with Crippen LogP contribution in [0.15, 0.2) is 24.3 Å². The van der Waals surface area contributed by atoms with Gasteiger partial charge < -0.3 is 4.74 Å². The van der Waals surface area contributed by atoms with E-state index in [9.17, 15) is 4.39 Å². The van der Waals surface area contributed by atoms with Crippen molar-refractivity contribution in [3.8, 4) is 0 Å². The van der Waals surface area contributed by atoms with Crippen LogP contribution < -0.4 is 11.3 Å². The van der Waals surface area contributed by atoms with E-state index < -0.39 is 0 Å². The molecule has 0 saturated heterocycles. The summed E-state index contributed by atoms with van der Waals surface area (Å²) in [5, 5.41) is 0. The number of rotatable bonds is 7. The molecule has 0 aliphatic heterocycles. The van der Waals surface area contributed by atoms with Gasteiger partial charge in [0.25, 0.3) is 0 Å². The molecule has 0 bridgehead atoms. The van der Waals surface area contributed by atoms with E-state index in [4.69, 9.17) is 10.6 Å². The predicted octanol–water partition coefficient (Wildman–Crippen LogP) is 2.61. The normalized spacial score (nSPS) is 15.3. The van der Waals surface area contributed by atoms with Gasteiger partial charge in [-0.1, -0.05) is 32.9 Å². The zero-order valence-corrected chi connectivity index (χ0v) is 12.2. The highest BCUT2D eigenvalue weighted by Gasteiger charge is 2.34. The average Bonchev–Trinajstić information content (AvgIpc) is 2.37. The fourth-order valence-corrected chi connectivity index (χ4v) is 2.61. The Kier molecular flexibility index (Phi) is 5.91. The van der Waals surface area contributed by atoms with E-state index in [0.29, 0.717) is 12.5 Å². The average molecular weight is 268 g/mol. The minimum Gasteiger partial charge on any atom is -0.385 e. The van der Waals surface area contributed by atoms with Crippen LogP contribution in [0, 0.1) is 11.7 Å². The molecule has 2 unspecified atom stereocenters. The maximum Gasteiger partial charge on any atom is 0.123 e. The van der Waals surface area contributed by atoms with E-state index >= 15 is 0 Å². The Bertz CT molecular complexity index is 378. The van der Waals surface area contributed by atoms with Gasteiger partial charge in [0, 0.05) is 25.2 Å². The first kappa shape index (κ1) is 16.1. The number of benzene rings is 1. The molecule has 2 atom stereocenters. The Hall–Kier alpha value is -0.970. The Morgan fingerprint density at radius 3 is 2.37 bits per heavy atom. The third-order valence-electron chi connectivity index (χ3n) is 3.89. The summed E-state index contributed by atoms with van der Waals surface area (Å²) in [5.41, 5.74) is 3.80. The van der Waals surface area contributed by atoms with E-state index in [1.165, 1.54) is 12.1 Å². The van der Waals surface area contributed by atoms with Crippen LogP contribution >= 0.6 is 0 Å². The third-order valence-corrected chi connectivity index (χ3v) is 3.89. The number of methoxy groups -OCH3 is 1. The van der Waals surface area contributed by atoms with Gasteiger partial charge in [-0.15, -0.1) is 0 Å². The van der Waals surface area contributed by atoms with Crippen molar-refractivity contribution in [1.29, 1.82) is 0 Å². The molecule has 0 heterocycles. The van der Waals surface area contributed by atoms with Gasteiger partial charge in [0.05, 0.1) is 0 Å². The summed E-state index contributed by atoms with van der Waals surface area (Å²) in [4.78, 5) is 0. The number of nitrogens with one attached hydrogen (secondary N) is 1. The number of nitrogens with two attached hydrogens (primary N) is 1. The standard InChI is InChI=1S/C15H25FN2O/c1-11(9-10-19-4)14(18-17)15(2,3)12-5-7-13(16)8-6-12/h5-8,11,14,18H,9-10,17H2,1-4H3. The highest BCUT2D eigenvalue weighted by atomic mass is 19.1. The number of hydrogen-bond acceptors (Lipinski definition) is 3. The Labute approximate surface area is 115 Å². The van der Waals surface area contributed by atoms with Gasteiger partial charge in [-0.2, -0.15) is 0 Å². The third kappa shape index (κ3) is 4.00. The van der Waals surface area contributed by atoms with Crippen LogP contribution in [0.3, 0.4) is 0 Å². The van der Waals surface area contributed by atoms with Gasteiger partial charge in [0.2, 0.25) is 0 Å². The number of halogens is 1. The van der Waals surface area contributed by atoms with Gasteiger partial charge in [-0.25, -0.2) is 4.39 Å². The largest absolute Gasteiger partial charge is 0.385 e. The molecule has 0 aliphatic carbocycles. The minimum atomic E-state index is -0.218. The van der Waals surface area contributed by atoms with Crippen LogP contribution in [-0.4, -0.2) is 19.8 Å². The van der Waals surface area contributed by atoms with Crippen LogP contribution in [-0.2, 0) is 10.2 Å². The summed E-state index contributed by atoms with van der Waals surface area (Å²) in [6.07, 6.45) is 0.927. The smallest absolute Gasteiger partial charge is 0.123 e. The molecular formula is C15H25FN2O. The first-order chi connectivity index (χ1) is 8.93. The van der Waals surface area contributed by atoms with Crippen molar-refractivity contribution in [1.82, 2.24) is 5.43 Å². The maximum atomic E-state index is 13.0. The summed E-state index contributed by atoms with van der Waals surface area (Å²) in [7, 11) is 1.70. The topological polar surface area (TPSA) is 47.3 Å². The van der Waals surface area contributed by atoms with Crippen molar-refractivity contribution >= 4 is 0 Å². The molecule has 108 valence electrons. The fourth-order valence-electron chi connectivity index (χ4n) is 2.61. The van der Waals surface area contributed by atoms with E-state index in [1.54, 1.807) is 7.11 Å². The van der Waals surface area contributed by atoms with Crippen LogP contribution in [0.25, 0.3) is 0 Å². The maximum absolute atomic E-state index is 13.0. The lowest BCUT2D eigenvalue weighted by Crippen LogP contribution is -2.52. The summed E-state index contributed by atoms with van der Waals surface area (Å²) in [6, 6.07) is 6.72. The quantitative estimate of drug-likeness (QED) is 0.590. The van der Waals surface area contributed by atoms with Crippen LogP contribution in [0.1, 0.15) is 32.8 Å². The van der Waals surface area contributed by atoms with E-state index in [1.807, 2.05) is 12.1 Å². The minimum absolute atomic E-state index is 0.0908. The molecule has 3 N–H and O–H groups in total. The van der Waals surface area contributed by atoms with Crippen LogP contribution in [0.5, 0.6) is 0 Å². The van der Waals surface area contributed by atoms with E-state index in [2.05, 4.69) is 26.2 Å². The molecule has 1 aromatic rings. The molecule has 0 amide bonds. The van der Waals surface area contributed by atoms with Gasteiger partial charge in [-0.3, -0.25) is 11.3 Å². The van der Waals surface area contributed by atoms with Crippen molar-refractivity contribution in [2.45, 2.75) is 38.6 Å². The van der Waals surface area contributed by atoms with Crippen LogP contribution in [0.4, 0.5) is 4.39 Å². The molecular weight excluding hydrogens is 243 g/mol. The first-order valence-electron chi connectivity index (χ1n) is 6.64. The van der Waals surface area contributed by atoms with Gasteiger partial charge in [-0.05, 0) is 30.0 Å². The number of ether oxygens (including phenoxy) is 1. The summed E-state index contributed by atoms with van der Waals surface area (Å²) < 4.78 is 18.1. The number of hydrazine groups is 1. The Morgan fingerprint density at radius 2 is 1.89 bits per heavy atom. The summed E-state index contributed by atoms with van der Waals surface area (Å²) in [6.45, 7) is 7.09. The van der Waals surface area contributed by atoms with Crippen molar-refractivity contribution in [3.05, 3.63) is 35.6 Å². The molecule has 0 fully saturated rings. The van der Waals surface area contributed by atoms with Crippen molar-refractivity contribution < 1.29 is 9.13 Å². The predicted molar refractivity (Wildman–Crippen MR) is 76.2 cm³/mol. The zero-order chi connectivity index (χ0) is 14.5. The first-order valence-corrected chi connectivity index (χ1v) is 6.64. The van der Waals surface area contributed by atoms with Crippen molar-refractivity contribution in [2.75, 3.05) is 13.7 Å². The second-order valence-electron chi connectivity index (χ2n) is 5.63. The molecule has 0 saturated carbocycles. The van der Waals surface area contributed by atoms with Gasteiger partial charge in [0.15, 0.2) is 0 Å².